The molecule has 0 atom stereocenters. The molecule has 0 radical (unpaired) electrons. The molecule has 0 aliphatic carbocycles. The third kappa shape index (κ3) is 6.14. The number of nitrogens with zero attached hydrogens (tertiary/aromatic N) is 2. The molecule has 34 heavy (non-hydrogen) atoms. The van der Waals surface area contributed by atoms with Crippen LogP contribution < -0.4 is 9.94 Å². The minimum atomic E-state index is -3.97. The summed E-state index contributed by atoms with van der Waals surface area (Å²) >= 11 is 0.985. The number of halogens is 1. The van der Waals surface area contributed by atoms with Gasteiger partial charge in [0.1, 0.15) is 5.82 Å². The number of aryl methyl sites for hydroxylation is 1. The molecule has 3 rings (SSSR count). The van der Waals surface area contributed by atoms with Gasteiger partial charge in [-0.1, -0.05) is 11.3 Å². The lowest BCUT2D eigenvalue weighted by molar-refractivity contribution is -0.140. The molecule has 10 nitrogen and oxygen atoms in total. The Morgan fingerprint density at radius 3 is 2.32 bits per heavy atom. The van der Waals surface area contributed by atoms with E-state index in [0.29, 0.717) is 10.2 Å². The first-order valence-electron chi connectivity index (χ1n) is 9.69. The maximum absolute atomic E-state index is 13.0. The van der Waals surface area contributed by atoms with E-state index in [1.807, 2.05) is 0 Å². The molecule has 0 saturated heterocycles. The molecule has 0 unspecified atom stereocenters. The van der Waals surface area contributed by atoms with Gasteiger partial charge < -0.3 is 9.30 Å². The van der Waals surface area contributed by atoms with Crippen LogP contribution in [0.2, 0.25) is 0 Å². The van der Waals surface area contributed by atoms with Crippen LogP contribution in [0.4, 0.5) is 4.39 Å². The molecule has 182 valence electrons. The lowest BCUT2D eigenvalue weighted by Crippen LogP contribution is -2.20. The summed E-state index contributed by atoms with van der Waals surface area (Å²) in [5.41, 5.74) is 0.506. The van der Waals surface area contributed by atoms with Gasteiger partial charge in [-0.2, -0.15) is 4.99 Å². The van der Waals surface area contributed by atoms with Crippen molar-refractivity contribution in [3.05, 3.63) is 53.1 Å². The van der Waals surface area contributed by atoms with Crippen molar-refractivity contribution in [3.8, 4) is 0 Å². The van der Waals surface area contributed by atoms with Gasteiger partial charge in [0.15, 0.2) is 14.6 Å². The standard InChI is InChI=1S/C20H20FN3O7S3/c1-31-19(26)8-10-24-16-7-6-15(34(22,29)30)12-17(16)32-20(24)23-18(25)9-11-33(27,28)14-4-2-13(21)3-5-14/h2-7,12H,8-11H2,1H3,(H2,22,29,30). The number of rotatable bonds is 8. The molecular weight excluding hydrogens is 509 g/mol. The topological polar surface area (TPSA) is 155 Å². The number of thiazole rings is 1. The first kappa shape index (κ1) is 25.7. The Morgan fingerprint density at radius 1 is 1.06 bits per heavy atom. The van der Waals surface area contributed by atoms with Crippen molar-refractivity contribution < 1.29 is 35.6 Å². The minimum Gasteiger partial charge on any atom is -0.469 e. The molecule has 1 aromatic heterocycles. The number of carbonyl (C=O) groups is 2. The number of methoxy groups -OCH3 is 1. The van der Waals surface area contributed by atoms with Crippen LogP contribution in [0.1, 0.15) is 12.8 Å². The van der Waals surface area contributed by atoms with Crippen molar-refractivity contribution in [2.45, 2.75) is 29.2 Å². The molecule has 2 N–H and O–H groups in total. The zero-order chi connectivity index (χ0) is 25.1. The second-order valence-corrected chi connectivity index (χ2v) is 11.7. The average molecular weight is 530 g/mol. The van der Waals surface area contributed by atoms with E-state index in [1.54, 1.807) is 0 Å². The first-order chi connectivity index (χ1) is 15.9. The third-order valence-electron chi connectivity index (χ3n) is 4.73. The molecule has 1 amide bonds. The Morgan fingerprint density at radius 2 is 1.71 bits per heavy atom. The summed E-state index contributed by atoms with van der Waals surface area (Å²) in [7, 11) is -6.58. The number of sulfone groups is 1. The SMILES string of the molecule is COC(=O)CCn1c(=NC(=O)CCS(=O)(=O)c2ccc(F)cc2)sc2cc(S(N)(=O)=O)ccc21. The van der Waals surface area contributed by atoms with Crippen molar-refractivity contribution in [1.29, 1.82) is 0 Å². The third-order valence-corrected chi connectivity index (χ3v) is 8.41. The number of aromatic nitrogens is 1. The number of carbonyl (C=O) groups excluding carboxylic acids is 2. The fourth-order valence-electron chi connectivity index (χ4n) is 2.98. The number of hydrogen-bond donors (Lipinski definition) is 1. The average Bonchev–Trinajstić information content (AvgIpc) is 3.11. The van der Waals surface area contributed by atoms with Crippen LogP contribution in [0.15, 0.2) is 57.2 Å². The highest BCUT2D eigenvalue weighted by molar-refractivity contribution is 7.91. The smallest absolute Gasteiger partial charge is 0.307 e. The fraction of sp³-hybridized carbons (Fsp3) is 0.250. The van der Waals surface area contributed by atoms with Crippen molar-refractivity contribution in [2.75, 3.05) is 12.9 Å². The molecule has 3 aromatic rings. The molecule has 14 heteroatoms. The van der Waals surface area contributed by atoms with E-state index in [4.69, 9.17) is 5.14 Å². The van der Waals surface area contributed by atoms with Crippen LogP contribution in [0.3, 0.4) is 0 Å². The van der Waals surface area contributed by atoms with E-state index in [0.717, 1.165) is 35.6 Å². The van der Waals surface area contributed by atoms with E-state index in [2.05, 4.69) is 9.73 Å². The fourth-order valence-corrected chi connectivity index (χ4v) is 5.94. The van der Waals surface area contributed by atoms with Crippen LogP contribution in [0.5, 0.6) is 0 Å². The summed E-state index contributed by atoms with van der Waals surface area (Å²) in [5, 5.41) is 5.18. The van der Waals surface area contributed by atoms with Gasteiger partial charge in [-0.05, 0) is 42.5 Å². The molecule has 0 spiro atoms. The van der Waals surface area contributed by atoms with Crippen LogP contribution in [-0.2, 0) is 40.7 Å². The Bertz CT molecular complexity index is 1520. The maximum Gasteiger partial charge on any atom is 0.307 e. The molecule has 0 bridgehead atoms. The van der Waals surface area contributed by atoms with Gasteiger partial charge in [0, 0.05) is 13.0 Å². The second kappa shape index (κ2) is 10.1. The minimum absolute atomic E-state index is 0.0421. The van der Waals surface area contributed by atoms with Crippen LogP contribution in [-0.4, -0.2) is 46.1 Å². The number of nitrogens with two attached hydrogens (primary N) is 1. The van der Waals surface area contributed by atoms with Crippen LogP contribution in [0.25, 0.3) is 10.2 Å². The Balaban J connectivity index is 1.93. The highest BCUT2D eigenvalue weighted by Crippen LogP contribution is 2.22. The van der Waals surface area contributed by atoms with Gasteiger partial charge in [0.25, 0.3) is 0 Å². The van der Waals surface area contributed by atoms with Crippen molar-refractivity contribution in [2.24, 2.45) is 10.1 Å². The monoisotopic (exact) mass is 529 g/mol. The zero-order valence-corrected chi connectivity index (χ0v) is 20.3. The number of amides is 1. The Labute approximate surface area is 198 Å². The highest BCUT2D eigenvalue weighted by Gasteiger charge is 2.18. The van der Waals surface area contributed by atoms with Crippen LogP contribution >= 0.6 is 11.3 Å². The zero-order valence-electron chi connectivity index (χ0n) is 17.8. The van der Waals surface area contributed by atoms with Gasteiger partial charge in [-0.15, -0.1) is 0 Å². The summed E-state index contributed by atoms with van der Waals surface area (Å²) in [6.07, 6.45) is -0.479. The maximum atomic E-state index is 13.0. The number of fused-ring (bicyclic) bond motifs is 1. The molecular formula is C20H20FN3O7S3. The summed E-state index contributed by atoms with van der Waals surface area (Å²) < 4.78 is 67.8. The number of primary sulfonamides is 1. The van der Waals surface area contributed by atoms with E-state index < -0.39 is 49.7 Å². The number of benzene rings is 2. The highest BCUT2D eigenvalue weighted by atomic mass is 32.2. The van der Waals surface area contributed by atoms with Gasteiger partial charge in [-0.3, -0.25) is 9.59 Å². The number of esters is 1. The molecule has 0 aliphatic heterocycles. The van der Waals surface area contributed by atoms with Gasteiger partial charge in [0.05, 0.1) is 39.3 Å². The Kier molecular flexibility index (Phi) is 7.65. The quantitative estimate of drug-likeness (QED) is 0.341. The van der Waals surface area contributed by atoms with Gasteiger partial charge >= 0.3 is 5.97 Å². The van der Waals surface area contributed by atoms with Gasteiger partial charge in [0.2, 0.25) is 15.9 Å². The van der Waals surface area contributed by atoms with E-state index in [1.165, 1.54) is 29.9 Å². The largest absolute Gasteiger partial charge is 0.469 e. The lowest BCUT2D eigenvalue weighted by Gasteiger charge is -2.05. The van der Waals surface area contributed by atoms with Crippen molar-refractivity contribution in [3.63, 3.8) is 0 Å². The number of sulfonamides is 1. The molecule has 0 aliphatic rings. The molecule has 2 aromatic carbocycles. The van der Waals surface area contributed by atoms with Gasteiger partial charge in [-0.25, -0.2) is 26.4 Å². The number of hydrogen-bond acceptors (Lipinski definition) is 8. The first-order valence-corrected chi connectivity index (χ1v) is 13.7. The van der Waals surface area contributed by atoms with Crippen molar-refractivity contribution in [1.82, 2.24) is 4.57 Å². The number of ether oxygens (including phenoxy) is 1. The van der Waals surface area contributed by atoms with E-state index in [-0.39, 0.29) is 27.6 Å². The van der Waals surface area contributed by atoms with Crippen LogP contribution in [0, 0.1) is 5.82 Å². The van der Waals surface area contributed by atoms with E-state index in [9.17, 15) is 30.8 Å². The summed E-state index contributed by atoms with van der Waals surface area (Å²) in [5.74, 6) is -2.37. The summed E-state index contributed by atoms with van der Waals surface area (Å²) in [4.78, 5) is 28.0. The van der Waals surface area contributed by atoms with E-state index >= 15 is 0 Å². The Hall–Kier alpha value is -2.94. The summed E-state index contributed by atoms with van der Waals surface area (Å²) in [6, 6.07) is 8.34. The normalized spacial score (nSPS) is 12.7. The molecule has 0 fully saturated rings. The summed E-state index contributed by atoms with van der Waals surface area (Å²) in [6.45, 7) is 0.0847. The molecule has 0 saturated carbocycles. The predicted molar refractivity (Wildman–Crippen MR) is 121 cm³/mol. The predicted octanol–water partition coefficient (Wildman–Crippen LogP) is 1.34. The molecule has 1 heterocycles. The van der Waals surface area contributed by atoms with Crippen molar-refractivity contribution >= 4 is 53.3 Å². The lowest BCUT2D eigenvalue weighted by atomic mass is 10.3. The second-order valence-electron chi connectivity index (χ2n) is 7.07.